The maximum absolute atomic E-state index is 11.4. The van der Waals surface area contributed by atoms with Gasteiger partial charge in [0.15, 0.2) is 17.6 Å². The summed E-state index contributed by atoms with van der Waals surface area (Å²) in [4.78, 5) is 11.4. The fourth-order valence-corrected chi connectivity index (χ4v) is 1.79. The zero-order valence-electron chi connectivity index (χ0n) is 11.1. The van der Waals surface area contributed by atoms with Crippen molar-refractivity contribution < 1.29 is 24.1 Å². The van der Waals surface area contributed by atoms with Crippen LogP contribution in [-0.2, 0) is 9.53 Å². The van der Waals surface area contributed by atoms with Crippen LogP contribution in [0.3, 0.4) is 0 Å². The molecule has 0 radical (unpaired) electrons. The first-order valence-electron chi connectivity index (χ1n) is 6.23. The van der Waals surface area contributed by atoms with E-state index in [9.17, 15) is 9.90 Å². The highest BCUT2D eigenvalue weighted by Crippen LogP contribution is 2.37. The fraction of sp³-hybridized carbons (Fsp3) is 0.500. The van der Waals surface area contributed by atoms with Crippen molar-refractivity contribution >= 4 is 5.97 Å². The SMILES string of the molecule is COC(=O)C(O)c1cccc(OC)c1OCC1CC1. The zero-order valence-corrected chi connectivity index (χ0v) is 11.1. The van der Waals surface area contributed by atoms with Gasteiger partial charge in [0.2, 0.25) is 0 Å². The van der Waals surface area contributed by atoms with E-state index in [1.54, 1.807) is 18.2 Å². The van der Waals surface area contributed by atoms with Crippen LogP contribution in [0.25, 0.3) is 0 Å². The Kier molecular flexibility index (Phi) is 4.27. The molecule has 1 fully saturated rings. The quantitative estimate of drug-likeness (QED) is 0.794. The summed E-state index contributed by atoms with van der Waals surface area (Å²) in [7, 11) is 2.75. The number of benzene rings is 1. The average molecular weight is 266 g/mol. The second-order valence-corrected chi connectivity index (χ2v) is 4.56. The second kappa shape index (κ2) is 5.93. The molecule has 5 nitrogen and oxygen atoms in total. The van der Waals surface area contributed by atoms with E-state index in [0.717, 1.165) is 12.8 Å². The number of esters is 1. The molecule has 1 aromatic carbocycles. The first-order chi connectivity index (χ1) is 9.17. The average Bonchev–Trinajstić information content (AvgIpc) is 3.27. The molecule has 0 aliphatic heterocycles. The Hall–Kier alpha value is -1.75. The van der Waals surface area contributed by atoms with E-state index in [1.807, 2.05) is 0 Å². The van der Waals surface area contributed by atoms with Gasteiger partial charge in [0, 0.05) is 5.56 Å². The van der Waals surface area contributed by atoms with Crippen molar-refractivity contribution in [1.29, 1.82) is 0 Å². The number of aliphatic hydroxyl groups is 1. The van der Waals surface area contributed by atoms with Crippen molar-refractivity contribution in [3.63, 3.8) is 0 Å². The van der Waals surface area contributed by atoms with E-state index in [1.165, 1.54) is 14.2 Å². The highest BCUT2D eigenvalue weighted by molar-refractivity contribution is 5.77. The van der Waals surface area contributed by atoms with Crippen LogP contribution in [0.4, 0.5) is 0 Å². The second-order valence-electron chi connectivity index (χ2n) is 4.56. The van der Waals surface area contributed by atoms with Gasteiger partial charge in [-0.2, -0.15) is 0 Å². The number of carbonyl (C=O) groups is 1. The first-order valence-corrected chi connectivity index (χ1v) is 6.23. The van der Waals surface area contributed by atoms with Crippen molar-refractivity contribution in [2.24, 2.45) is 5.92 Å². The lowest BCUT2D eigenvalue weighted by Crippen LogP contribution is -2.15. The monoisotopic (exact) mass is 266 g/mol. The topological polar surface area (TPSA) is 65.0 Å². The molecule has 1 aliphatic rings. The van der Waals surface area contributed by atoms with Gasteiger partial charge in [-0.25, -0.2) is 4.79 Å². The molecule has 0 amide bonds. The predicted octanol–water partition coefficient (Wildman–Crippen LogP) is 1.69. The molecule has 5 heteroatoms. The minimum atomic E-state index is -1.37. The Labute approximate surface area is 112 Å². The smallest absolute Gasteiger partial charge is 0.339 e. The summed E-state index contributed by atoms with van der Waals surface area (Å²) >= 11 is 0. The molecule has 0 heterocycles. The van der Waals surface area contributed by atoms with E-state index in [4.69, 9.17) is 9.47 Å². The lowest BCUT2D eigenvalue weighted by molar-refractivity contribution is -0.150. The van der Waals surface area contributed by atoms with Gasteiger partial charge in [-0.3, -0.25) is 0 Å². The molecule has 0 saturated heterocycles. The minimum absolute atomic E-state index is 0.367. The highest BCUT2D eigenvalue weighted by Gasteiger charge is 2.27. The molecule has 1 atom stereocenters. The Morgan fingerprint density at radius 1 is 1.42 bits per heavy atom. The Morgan fingerprint density at radius 3 is 2.74 bits per heavy atom. The molecule has 1 saturated carbocycles. The van der Waals surface area contributed by atoms with Gasteiger partial charge in [-0.1, -0.05) is 12.1 Å². The number of ether oxygens (including phenoxy) is 3. The van der Waals surface area contributed by atoms with Gasteiger partial charge in [-0.05, 0) is 24.8 Å². The van der Waals surface area contributed by atoms with Gasteiger partial charge in [-0.15, -0.1) is 0 Å². The molecule has 1 unspecified atom stereocenters. The van der Waals surface area contributed by atoms with Crippen LogP contribution in [0.1, 0.15) is 24.5 Å². The van der Waals surface area contributed by atoms with Gasteiger partial charge in [0.05, 0.1) is 20.8 Å². The molecule has 1 aromatic rings. The predicted molar refractivity (Wildman–Crippen MR) is 68.2 cm³/mol. The van der Waals surface area contributed by atoms with Crippen LogP contribution in [0, 0.1) is 5.92 Å². The molecule has 0 aromatic heterocycles. The molecule has 1 aliphatic carbocycles. The minimum Gasteiger partial charge on any atom is -0.493 e. The number of hydrogen-bond donors (Lipinski definition) is 1. The maximum atomic E-state index is 11.4. The lowest BCUT2D eigenvalue weighted by Gasteiger charge is -2.17. The van der Waals surface area contributed by atoms with Crippen LogP contribution < -0.4 is 9.47 Å². The molecule has 1 N–H and O–H groups in total. The first kappa shape index (κ1) is 13.7. The summed E-state index contributed by atoms with van der Waals surface area (Å²) in [5.74, 6) is 0.758. The summed E-state index contributed by atoms with van der Waals surface area (Å²) in [6.07, 6.45) is 0.947. The molecular weight excluding hydrogens is 248 g/mol. The van der Waals surface area contributed by atoms with Crippen molar-refractivity contribution in [3.8, 4) is 11.5 Å². The maximum Gasteiger partial charge on any atom is 0.339 e. The third-order valence-electron chi connectivity index (χ3n) is 3.11. The third-order valence-corrected chi connectivity index (χ3v) is 3.11. The van der Waals surface area contributed by atoms with Crippen molar-refractivity contribution in [3.05, 3.63) is 23.8 Å². The van der Waals surface area contributed by atoms with Gasteiger partial charge in [0.1, 0.15) is 0 Å². The van der Waals surface area contributed by atoms with E-state index in [0.29, 0.717) is 29.6 Å². The Morgan fingerprint density at radius 2 is 2.16 bits per heavy atom. The Balaban J connectivity index is 2.26. The largest absolute Gasteiger partial charge is 0.493 e. The normalized spacial score (nSPS) is 15.7. The van der Waals surface area contributed by atoms with Crippen molar-refractivity contribution in [1.82, 2.24) is 0 Å². The molecule has 19 heavy (non-hydrogen) atoms. The lowest BCUT2D eigenvalue weighted by atomic mass is 10.1. The molecule has 104 valence electrons. The molecule has 0 bridgehead atoms. The molecule has 2 rings (SSSR count). The number of rotatable bonds is 6. The molecule has 0 spiro atoms. The fourth-order valence-electron chi connectivity index (χ4n) is 1.79. The van der Waals surface area contributed by atoms with E-state index in [2.05, 4.69) is 4.74 Å². The van der Waals surface area contributed by atoms with Crippen molar-refractivity contribution in [2.45, 2.75) is 18.9 Å². The number of carbonyl (C=O) groups excluding carboxylic acids is 1. The molecular formula is C14H18O5. The van der Waals surface area contributed by atoms with E-state index >= 15 is 0 Å². The van der Waals surface area contributed by atoms with Crippen LogP contribution >= 0.6 is 0 Å². The summed E-state index contributed by atoms with van der Waals surface area (Å²) in [5, 5.41) is 9.96. The number of aliphatic hydroxyl groups excluding tert-OH is 1. The van der Waals surface area contributed by atoms with Crippen LogP contribution in [0.2, 0.25) is 0 Å². The summed E-state index contributed by atoms with van der Waals surface area (Å²) in [6.45, 7) is 0.571. The van der Waals surface area contributed by atoms with Crippen LogP contribution in [0.15, 0.2) is 18.2 Å². The summed E-state index contributed by atoms with van der Waals surface area (Å²) < 4.78 is 15.5. The summed E-state index contributed by atoms with van der Waals surface area (Å²) in [6, 6.07) is 5.06. The van der Waals surface area contributed by atoms with E-state index < -0.39 is 12.1 Å². The number of methoxy groups -OCH3 is 2. The van der Waals surface area contributed by atoms with E-state index in [-0.39, 0.29) is 0 Å². The Bertz CT molecular complexity index is 453. The van der Waals surface area contributed by atoms with Crippen LogP contribution in [-0.4, -0.2) is 31.9 Å². The van der Waals surface area contributed by atoms with Gasteiger partial charge < -0.3 is 19.3 Å². The highest BCUT2D eigenvalue weighted by atomic mass is 16.5. The summed E-state index contributed by atoms with van der Waals surface area (Å²) in [5.41, 5.74) is 0.367. The number of hydrogen-bond acceptors (Lipinski definition) is 5. The van der Waals surface area contributed by atoms with Crippen LogP contribution in [0.5, 0.6) is 11.5 Å². The number of para-hydroxylation sites is 1. The standard InChI is InChI=1S/C14H18O5/c1-17-11-5-3-4-10(12(15)14(16)18-2)13(11)19-8-9-6-7-9/h3-5,9,12,15H,6-8H2,1-2H3. The van der Waals surface area contributed by atoms with Crippen molar-refractivity contribution in [2.75, 3.05) is 20.8 Å². The van der Waals surface area contributed by atoms with Gasteiger partial charge >= 0.3 is 5.97 Å². The third kappa shape index (κ3) is 3.17. The van der Waals surface area contributed by atoms with Gasteiger partial charge in [0.25, 0.3) is 0 Å². The zero-order chi connectivity index (χ0) is 13.8.